The van der Waals surface area contributed by atoms with E-state index in [9.17, 15) is 34.8 Å². The minimum absolute atomic E-state index is 0.190. The van der Waals surface area contributed by atoms with Crippen molar-refractivity contribution >= 4 is 17.9 Å². The molecule has 0 aromatic rings. The fourth-order valence-electron chi connectivity index (χ4n) is 8.18. The fourth-order valence-corrected chi connectivity index (χ4v) is 8.18. The first-order valence-electron chi connectivity index (χ1n) is 25.6. The molecule has 4 N–H and O–H groups in total. The van der Waals surface area contributed by atoms with Gasteiger partial charge < -0.3 is 39.4 Å². The summed E-state index contributed by atoms with van der Waals surface area (Å²) in [5.41, 5.74) is 0. The van der Waals surface area contributed by atoms with Crippen molar-refractivity contribution in [2.45, 2.75) is 288 Å². The molecule has 1 saturated heterocycles. The second-order valence-corrected chi connectivity index (χ2v) is 18.0. The van der Waals surface area contributed by atoms with Gasteiger partial charge in [-0.15, -0.1) is 0 Å². The zero-order chi connectivity index (χ0) is 44.6. The smallest absolute Gasteiger partial charge is 0.335 e. The van der Waals surface area contributed by atoms with E-state index in [1.807, 2.05) is 0 Å². The number of unbranched alkanes of at least 4 members (excludes halogenated alkanes) is 33. The maximum Gasteiger partial charge on any atom is 0.335 e. The van der Waals surface area contributed by atoms with Crippen LogP contribution in [0.2, 0.25) is 0 Å². The molecule has 0 radical (unpaired) electrons. The number of carboxylic acid groups (broad SMARTS) is 1. The van der Waals surface area contributed by atoms with E-state index < -0.39 is 54.7 Å². The topological polar surface area (TPSA) is 169 Å². The Labute approximate surface area is 372 Å². The number of aliphatic hydroxyl groups is 3. The predicted molar refractivity (Wildman–Crippen MR) is 243 cm³/mol. The Hall–Kier alpha value is -1.79. The van der Waals surface area contributed by atoms with Crippen LogP contribution in [0.1, 0.15) is 251 Å². The predicted octanol–water partition coefficient (Wildman–Crippen LogP) is 11.8. The Morgan fingerprint density at radius 2 is 0.770 bits per heavy atom. The SMILES string of the molecule is CCCCCCCCCCCCCCCCCCCCCCCCCCC(=O)OCC(COC1OC(C(=O)O)C(O)C(O)C1O)OC(=O)CCCCCCCCCCCCC. The van der Waals surface area contributed by atoms with E-state index in [1.165, 1.54) is 173 Å². The van der Waals surface area contributed by atoms with Crippen LogP contribution < -0.4 is 0 Å². The summed E-state index contributed by atoms with van der Waals surface area (Å²) < 4.78 is 21.8. The Balaban J connectivity index is 2.20. The molecule has 11 heteroatoms. The third kappa shape index (κ3) is 32.5. The summed E-state index contributed by atoms with van der Waals surface area (Å²) >= 11 is 0. The van der Waals surface area contributed by atoms with Gasteiger partial charge in [-0.1, -0.05) is 226 Å². The van der Waals surface area contributed by atoms with Crippen LogP contribution in [0.25, 0.3) is 0 Å². The van der Waals surface area contributed by atoms with Crippen molar-refractivity contribution in [3.05, 3.63) is 0 Å². The average molecular weight is 871 g/mol. The van der Waals surface area contributed by atoms with Gasteiger partial charge in [0.05, 0.1) is 6.61 Å². The molecular formula is C50H94O11. The molecular weight excluding hydrogens is 777 g/mol. The van der Waals surface area contributed by atoms with Crippen LogP contribution in [0.3, 0.4) is 0 Å². The summed E-state index contributed by atoms with van der Waals surface area (Å²) in [5.74, 6) is -2.42. The number of ether oxygens (including phenoxy) is 4. The van der Waals surface area contributed by atoms with Gasteiger partial charge in [-0.2, -0.15) is 0 Å². The number of carbonyl (C=O) groups excluding carboxylic acids is 2. The van der Waals surface area contributed by atoms with Crippen molar-refractivity contribution in [2.24, 2.45) is 0 Å². The van der Waals surface area contributed by atoms with Crippen LogP contribution in [-0.4, -0.2) is 88.4 Å². The lowest BCUT2D eigenvalue weighted by atomic mass is 9.99. The highest BCUT2D eigenvalue weighted by atomic mass is 16.7. The molecule has 0 aromatic heterocycles. The quantitative estimate of drug-likeness (QED) is 0.0339. The third-order valence-electron chi connectivity index (χ3n) is 12.2. The van der Waals surface area contributed by atoms with Gasteiger partial charge in [0.15, 0.2) is 18.5 Å². The summed E-state index contributed by atoms with van der Waals surface area (Å²) in [6.45, 7) is 3.84. The van der Waals surface area contributed by atoms with Gasteiger partial charge in [-0.3, -0.25) is 9.59 Å². The van der Waals surface area contributed by atoms with Crippen LogP contribution in [0.5, 0.6) is 0 Å². The molecule has 0 aromatic carbocycles. The van der Waals surface area contributed by atoms with Gasteiger partial charge in [0, 0.05) is 12.8 Å². The first kappa shape index (κ1) is 57.2. The molecule has 6 atom stereocenters. The van der Waals surface area contributed by atoms with E-state index in [-0.39, 0.29) is 26.1 Å². The number of esters is 2. The number of carbonyl (C=O) groups is 3. The van der Waals surface area contributed by atoms with E-state index >= 15 is 0 Å². The van der Waals surface area contributed by atoms with E-state index in [0.717, 1.165) is 38.5 Å². The van der Waals surface area contributed by atoms with E-state index in [1.54, 1.807) is 0 Å². The van der Waals surface area contributed by atoms with Crippen molar-refractivity contribution in [1.82, 2.24) is 0 Å². The molecule has 0 saturated carbocycles. The lowest BCUT2D eigenvalue weighted by Crippen LogP contribution is -2.60. The molecule has 61 heavy (non-hydrogen) atoms. The highest BCUT2D eigenvalue weighted by Crippen LogP contribution is 2.23. The second-order valence-electron chi connectivity index (χ2n) is 18.0. The molecule has 1 fully saturated rings. The number of aliphatic carboxylic acids is 1. The second kappa shape index (κ2) is 40.9. The van der Waals surface area contributed by atoms with E-state index in [4.69, 9.17) is 18.9 Å². The molecule has 0 bridgehead atoms. The van der Waals surface area contributed by atoms with Crippen LogP contribution in [0.15, 0.2) is 0 Å². The number of hydrogen-bond donors (Lipinski definition) is 4. The van der Waals surface area contributed by atoms with Crippen LogP contribution in [0, 0.1) is 0 Å². The van der Waals surface area contributed by atoms with Gasteiger partial charge in [0.1, 0.15) is 24.9 Å². The highest BCUT2D eigenvalue weighted by Gasteiger charge is 2.47. The zero-order valence-electron chi connectivity index (χ0n) is 39.2. The largest absolute Gasteiger partial charge is 0.479 e. The third-order valence-corrected chi connectivity index (χ3v) is 12.2. The first-order chi connectivity index (χ1) is 29.7. The first-order valence-corrected chi connectivity index (χ1v) is 25.6. The molecule has 0 amide bonds. The highest BCUT2D eigenvalue weighted by molar-refractivity contribution is 5.73. The summed E-state index contributed by atoms with van der Waals surface area (Å²) in [6.07, 6.45) is 34.6. The van der Waals surface area contributed by atoms with Crippen molar-refractivity contribution in [3.63, 3.8) is 0 Å². The Kier molecular flexibility index (Phi) is 38.4. The average Bonchev–Trinajstić information content (AvgIpc) is 3.24. The lowest BCUT2D eigenvalue weighted by Gasteiger charge is -2.38. The summed E-state index contributed by atoms with van der Waals surface area (Å²) in [6, 6.07) is 0. The minimum atomic E-state index is -1.86. The van der Waals surface area contributed by atoms with Gasteiger partial charge in [-0.05, 0) is 12.8 Å². The summed E-state index contributed by atoms with van der Waals surface area (Å²) in [5, 5.41) is 39.8. The van der Waals surface area contributed by atoms with E-state index in [2.05, 4.69) is 13.8 Å². The molecule has 1 rings (SSSR count). The molecule has 0 aliphatic carbocycles. The Morgan fingerprint density at radius 3 is 1.11 bits per heavy atom. The number of hydrogen-bond acceptors (Lipinski definition) is 10. The monoisotopic (exact) mass is 871 g/mol. The summed E-state index contributed by atoms with van der Waals surface area (Å²) in [4.78, 5) is 36.9. The molecule has 0 spiro atoms. The number of aliphatic hydroxyl groups excluding tert-OH is 3. The van der Waals surface area contributed by atoms with Crippen molar-refractivity contribution in [3.8, 4) is 0 Å². The number of rotatable bonds is 44. The molecule has 11 nitrogen and oxygen atoms in total. The molecule has 1 aliphatic rings. The van der Waals surface area contributed by atoms with E-state index in [0.29, 0.717) is 12.8 Å². The lowest BCUT2D eigenvalue weighted by molar-refractivity contribution is -0.298. The Morgan fingerprint density at radius 1 is 0.443 bits per heavy atom. The molecule has 1 aliphatic heterocycles. The van der Waals surface area contributed by atoms with Crippen LogP contribution in [0.4, 0.5) is 0 Å². The number of carboxylic acids is 1. The molecule has 360 valence electrons. The van der Waals surface area contributed by atoms with Crippen molar-refractivity contribution in [1.29, 1.82) is 0 Å². The van der Waals surface area contributed by atoms with Crippen molar-refractivity contribution < 1.29 is 53.8 Å². The molecule has 1 heterocycles. The maximum atomic E-state index is 12.8. The normalized spacial score (nSPS) is 19.5. The van der Waals surface area contributed by atoms with Crippen LogP contribution in [-0.2, 0) is 33.3 Å². The fraction of sp³-hybridized carbons (Fsp3) is 0.940. The van der Waals surface area contributed by atoms with Gasteiger partial charge in [-0.25, -0.2) is 4.79 Å². The summed E-state index contributed by atoms with van der Waals surface area (Å²) in [7, 11) is 0. The Bertz CT molecular complexity index is 1030. The van der Waals surface area contributed by atoms with Gasteiger partial charge >= 0.3 is 17.9 Å². The molecule has 6 unspecified atom stereocenters. The van der Waals surface area contributed by atoms with Crippen molar-refractivity contribution in [2.75, 3.05) is 13.2 Å². The standard InChI is InChI=1S/C50H94O11/c1-3-5-7-9-11-13-15-16-17-18-19-20-21-22-23-24-25-26-27-29-30-32-34-36-38-43(51)58-40-42(41-59-50-47(55)45(53)46(54)48(61-50)49(56)57)60-44(52)39-37-35-33-31-28-14-12-10-8-6-4-2/h42,45-48,50,53-55H,3-41H2,1-2H3,(H,56,57). The van der Waals surface area contributed by atoms with Gasteiger partial charge in [0.25, 0.3) is 0 Å². The zero-order valence-corrected chi connectivity index (χ0v) is 39.2. The minimum Gasteiger partial charge on any atom is -0.479 e. The van der Waals surface area contributed by atoms with Gasteiger partial charge in [0.2, 0.25) is 0 Å². The maximum absolute atomic E-state index is 12.8. The van der Waals surface area contributed by atoms with Crippen LogP contribution >= 0.6 is 0 Å².